The molecule has 0 bridgehead atoms. The Labute approximate surface area is 247 Å². The van der Waals surface area contributed by atoms with Crippen molar-refractivity contribution in [1.82, 2.24) is 39.0 Å². The number of aliphatic hydroxyl groups excluding tert-OH is 4. The number of imidazole rings is 2. The quantitative estimate of drug-likeness (QED) is 0.113. The van der Waals surface area contributed by atoms with Crippen molar-refractivity contribution in [2.75, 3.05) is 24.7 Å². The lowest BCUT2D eigenvalue weighted by Gasteiger charge is -2.24. The molecule has 8 unspecified atom stereocenters. The molecule has 4 aromatic rings. The summed E-state index contributed by atoms with van der Waals surface area (Å²) in [6.45, 7) is 2.94. The molecule has 0 saturated carbocycles. The number of aliphatic hydroxyl groups is 4. The van der Waals surface area contributed by atoms with E-state index in [9.17, 15) is 24.9 Å². The molecular formula is C24H34N10O10. The summed E-state index contributed by atoms with van der Waals surface area (Å²) in [5, 5.41) is 38.3. The molecule has 7 heterocycles. The number of H-pyrrole nitrogens is 2. The van der Waals surface area contributed by atoms with Gasteiger partial charge in [0.25, 0.3) is 11.1 Å². The molecule has 7 rings (SSSR count). The topological polar surface area (TPSA) is 297 Å². The Bertz CT molecular complexity index is 1770. The summed E-state index contributed by atoms with van der Waals surface area (Å²) in [5.74, 6) is -0.900. The highest BCUT2D eigenvalue weighted by Crippen LogP contribution is 2.43. The van der Waals surface area contributed by atoms with Crippen molar-refractivity contribution in [1.29, 1.82) is 0 Å². The van der Waals surface area contributed by atoms with Crippen LogP contribution in [0.4, 0.5) is 11.9 Å². The van der Waals surface area contributed by atoms with Crippen LogP contribution in [-0.2, 0) is 18.9 Å². The van der Waals surface area contributed by atoms with Crippen molar-refractivity contribution in [2.45, 2.75) is 76.1 Å². The summed E-state index contributed by atoms with van der Waals surface area (Å²) >= 11 is 0. The van der Waals surface area contributed by atoms with E-state index in [4.69, 9.17) is 35.5 Å². The molecule has 3 saturated heterocycles. The van der Waals surface area contributed by atoms with Crippen LogP contribution in [0.15, 0.2) is 22.2 Å². The zero-order chi connectivity index (χ0) is 30.8. The molecule has 0 aliphatic carbocycles. The van der Waals surface area contributed by atoms with Crippen LogP contribution in [0.3, 0.4) is 0 Å². The smallest absolute Gasteiger partial charge is 0.280 e. The maximum absolute atomic E-state index is 11.9. The molecule has 8 atom stereocenters. The number of nitrogens with zero attached hydrogens (tertiary/aromatic N) is 6. The summed E-state index contributed by atoms with van der Waals surface area (Å²) in [6, 6.07) is 0. The molecule has 44 heavy (non-hydrogen) atoms. The lowest BCUT2D eigenvalue weighted by molar-refractivity contribution is -0.199. The Balaban J connectivity index is 0.000000172. The van der Waals surface area contributed by atoms with E-state index < -0.39 is 72.6 Å². The predicted octanol–water partition coefficient (Wildman–Crippen LogP) is -2.94. The molecule has 240 valence electrons. The number of fused-ring (bicyclic) bond motifs is 3. The number of anilines is 2. The third-order valence-corrected chi connectivity index (χ3v) is 7.27. The molecule has 0 spiro atoms. The van der Waals surface area contributed by atoms with E-state index in [1.807, 2.05) is 0 Å². The van der Waals surface area contributed by atoms with Crippen molar-refractivity contribution in [2.24, 2.45) is 0 Å². The van der Waals surface area contributed by atoms with Gasteiger partial charge in [0.05, 0.1) is 25.9 Å². The normalized spacial score (nSPS) is 30.7. The minimum absolute atomic E-state index is 0. The monoisotopic (exact) mass is 622 g/mol. The number of aromatic amines is 2. The number of ether oxygens (including phenoxy) is 4. The highest BCUT2D eigenvalue weighted by Gasteiger charge is 2.56. The Morgan fingerprint density at radius 1 is 0.818 bits per heavy atom. The molecule has 3 aliphatic heterocycles. The lowest BCUT2D eigenvalue weighted by Crippen LogP contribution is -2.33. The van der Waals surface area contributed by atoms with Crippen molar-refractivity contribution in [3.8, 4) is 0 Å². The van der Waals surface area contributed by atoms with Crippen LogP contribution in [-0.4, -0.2) is 115 Å². The van der Waals surface area contributed by atoms with Gasteiger partial charge in [-0.15, -0.1) is 0 Å². The van der Waals surface area contributed by atoms with Gasteiger partial charge < -0.3 is 50.8 Å². The number of nitrogens with one attached hydrogen (secondary N) is 2. The molecule has 0 aromatic carbocycles. The highest BCUT2D eigenvalue weighted by atomic mass is 16.8. The molecular weight excluding hydrogens is 588 g/mol. The van der Waals surface area contributed by atoms with Crippen LogP contribution in [0.2, 0.25) is 0 Å². The van der Waals surface area contributed by atoms with Gasteiger partial charge in [-0.3, -0.25) is 28.7 Å². The maximum Gasteiger partial charge on any atom is 0.280 e. The van der Waals surface area contributed by atoms with Crippen molar-refractivity contribution >= 4 is 34.2 Å². The largest absolute Gasteiger partial charge is 0.394 e. The summed E-state index contributed by atoms with van der Waals surface area (Å²) in [7, 11) is 0. The zero-order valence-electron chi connectivity index (χ0n) is 22.8. The Morgan fingerprint density at radius 2 is 1.30 bits per heavy atom. The van der Waals surface area contributed by atoms with Crippen molar-refractivity contribution in [3.63, 3.8) is 0 Å². The van der Waals surface area contributed by atoms with E-state index in [0.717, 1.165) is 0 Å². The molecule has 3 fully saturated rings. The van der Waals surface area contributed by atoms with Crippen LogP contribution >= 0.6 is 0 Å². The van der Waals surface area contributed by atoms with Crippen LogP contribution in [0.1, 0.15) is 33.7 Å². The number of nitrogens with two attached hydrogens (primary N) is 2. The van der Waals surface area contributed by atoms with Gasteiger partial charge >= 0.3 is 0 Å². The van der Waals surface area contributed by atoms with Crippen molar-refractivity contribution in [3.05, 3.63) is 33.4 Å². The van der Waals surface area contributed by atoms with Gasteiger partial charge in [-0.1, -0.05) is 7.43 Å². The van der Waals surface area contributed by atoms with Crippen LogP contribution in [0, 0.1) is 0 Å². The van der Waals surface area contributed by atoms with Crippen LogP contribution in [0.5, 0.6) is 0 Å². The molecule has 20 nitrogen and oxygen atoms in total. The molecule has 20 heteroatoms. The number of aromatic nitrogens is 8. The average Bonchev–Trinajstić information content (AvgIpc) is 3.74. The first-order valence-corrected chi connectivity index (χ1v) is 13.1. The molecule has 0 radical (unpaired) electrons. The fraction of sp³-hybridized carbons (Fsp3) is 0.583. The van der Waals surface area contributed by atoms with Crippen molar-refractivity contribution < 1.29 is 39.4 Å². The van der Waals surface area contributed by atoms with Crippen LogP contribution < -0.4 is 22.6 Å². The SMILES string of the molecule is C.CC1(C)OC2C(CO)OC(n3cnc4c(=O)[nH]c(N)nc43)C2O1.Nc1nc2c(ncn2C2OC(CO)C(O)C2O)c(=O)[nH]1. The second-order valence-electron chi connectivity index (χ2n) is 10.6. The number of hydrogen-bond donors (Lipinski definition) is 8. The Hall–Kier alpha value is -4.02. The predicted molar refractivity (Wildman–Crippen MR) is 150 cm³/mol. The Morgan fingerprint density at radius 3 is 1.80 bits per heavy atom. The van der Waals surface area contributed by atoms with Gasteiger partial charge in [0, 0.05) is 0 Å². The second kappa shape index (κ2) is 11.5. The summed E-state index contributed by atoms with van der Waals surface area (Å²) in [4.78, 5) is 44.2. The number of nitrogen functional groups attached to an aromatic ring is 2. The third-order valence-electron chi connectivity index (χ3n) is 7.27. The average molecular weight is 623 g/mol. The first-order chi connectivity index (χ1) is 20.4. The fourth-order valence-corrected chi connectivity index (χ4v) is 5.40. The molecule has 4 aromatic heterocycles. The maximum atomic E-state index is 11.9. The summed E-state index contributed by atoms with van der Waals surface area (Å²) < 4.78 is 25.8. The van der Waals surface area contributed by atoms with E-state index in [1.54, 1.807) is 18.4 Å². The van der Waals surface area contributed by atoms with Crippen LogP contribution in [0.25, 0.3) is 22.3 Å². The zero-order valence-corrected chi connectivity index (χ0v) is 22.8. The third kappa shape index (κ3) is 5.20. The van der Waals surface area contributed by atoms with E-state index in [0.29, 0.717) is 5.65 Å². The van der Waals surface area contributed by atoms with E-state index >= 15 is 0 Å². The first kappa shape index (κ1) is 31.4. The van der Waals surface area contributed by atoms with Gasteiger partial charge in [0.2, 0.25) is 11.9 Å². The Kier molecular flexibility index (Phi) is 8.20. The molecule has 0 amide bonds. The van der Waals surface area contributed by atoms with E-state index in [2.05, 4.69) is 29.9 Å². The van der Waals surface area contributed by atoms with E-state index in [1.165, 1.54) is 17.2 Å². The summed E-state index contributed by atoms with van der Waals surface area (Å²) in [5.41, 5.74) is 10.7. The second-order valence-corrected chi connectivity index (χ2v) is 10.6. The van der Waals surface area contributed by atoms with Gasteiger partial charge in [-0.05, 0) is 13.8 Å². The van der Waals surface area contributed by atoms with Gasteiger partial charge in [-0.2, -0.15) is 9.97 Å². The number of rotatable bonds is 4. The first-order valence-electron chi connectivity index (χ1n) is 13.1. The van der Waals surface area contributed by atoms with E-state index in [-0.39, 0.29) is 42.6 Å². The standard InChI is InChI=1S/C13H17N5O5.C10H13N5O5.CH4/c1-13(2)22-7-5(3-19)21-11(8(7)23-13)18-4-15-6-9(18)16-12(14)17-10(6)20;11-10-13-7-4(8(19)14-10)12-2-15(7)9-6(18)5(17)3(1-16)20-9;/h4-5,7-8,11,19H,3H2,1-2H3,(H3,14,16,17,20);2-3,5-6,9,16-18H,1H2,(H3,11,13,14,19);1H4. The fourth-order valence-electron chi connectivity index (χ4n) is 5.40. The minimum atomic E-state index is -1.29. The van der Waals surface area contributed by atoms with Gasteiger partial charge in [0.15, 0.2) is 40.6 Å². The minimum Gasteiger partial charge on any atom is -0.394 e. The molecule has 3 aliphatic rings. The summed E-state index contributed by atoms with van der Waals surface area (Å²) in [6.07, 6.45) is -3.81. The van der Waals surface area contributed by atoms with Gasteiger partial charge in [0.1, 0.15) is 36.6 Å². The number of hydrogen-bond acceptors (Lipinski definition) is 16. The molecule has 10 N–H and O–H groups in total. The highest BCUT2D eigenvalue weighted by molar-refractivity contribution is 5.71. The van der Waals surface area contributed by atoms with Gasteiger partial charge in [-0.25, -0.2) is 9.97 Å². The lowest BCUT2D eigenvalue weighted by atomic mass is 10.1.